The van der Waals surface area contributed by atoms with Crippen LogP contribution in [0.1, 0.15) is 18.1 Å². The van der Waals surface area contributed by atoms with Gasteiger partial charge in [-0.25, -0.2) is 16.8 Å². The Morgan fingerprint density at radius 2 is 1.90 bits per heavy atom. The normalized spacial score (nSPS) is 23.1. The maximum Gasteiger partial charge on any atom is 0.245 e. The summed E-state index contributed by atoms with van der Waals surface area (Å²) in [5, 5.41) is 0. The maximum absolute atomic E-state index is 12.9. The fraction of sp³-hybridized carbons (Fsp3) is 0.538. The van der Waals surface area contributed by atoms with Crippen LogP contribution >= 0.6 is 0 Å². The standard InChI is InChI=1S/C13H20N2O4S2/c1-9-4-5-12(14)13(11(9)3)21(18,19)15-6-7-20(16,17)8-10(15)2/h4-5,10H,6-8,14H2,1-3H3. The number of rotatable bonds is 2. The average Bonchev–Trinajstić information content (AvgIpc) is 2.32. The molecule has 0 spiro atoms. The second kappa shape index (κ2) is 5.26. The van der Waals surface area contributed by atoms with Crippen LogP contribution in [0.15, 0.2) is 17.0 Å². The van der Waals surface area contributed by atoms with E-state index >= 15 is 0 Å². The van der Waals surface area contributed by atoms with Crippen LogP contribution in [0.3, 0.4) is 0 Å². The van der Waals surface area contributed by atoms with E-state index in [1.54, 1.807) is 26.0 Å². The molecule has 1 aliphatic rings. The van der Waals surface area contributed by atoms with E-state index in [4.69, 9.17) is 5.73 Å². The van der Waals surface area contributed by atoms with Gasteiger partial charge in [0.25, 0.3) is 0 Å². The van der Waals surface area contributed by atoms with Gasteiger partial charge in [0.15, 0.2) is 9.84 Å². The van der Waals surface area contributed by atoms with Crippen molar-refractivity contribution >= 4 is 25.5 Å². The molecule has 1 unspecified atom stereocenters. The second-order valence-electron chi connectivity index (χ2n) is 5.50. The van der Waals surface area contributed by atoms with Gasteiger partial charge in [-0.2, -0.15) is 4.31 Å². The van der Waals surface area contributed by atoms with Crippen molar-refractivity contribution in [2.75, 3.05) is 23.8 Å². The Morgan fingerprint density at radius 3 is 2.48 bits per heavy atom. The molecule has 1 heterocycles. The third-order valence-electron chi connectivity index (χ3n) is 3.88. The van der Waals surface area contributed by atoms with Crippen LogP contribution in [0.5, 0.6) is 0 Å². The highest BCUT2D eigenvalue weighted by atomic mass is 32.2. The Bertz CT molecular complexity index is 770. The van der Waals surface area contributed by atoms with Crippen molar-refractivity contribution in [3.05, 3.63) is 23.3 Å². The Morgan fingerprint density at radius 1 is 1.29 bits per heavy atom. The smallest absolute Gasteiger partial charge is 0.245 e. The van der Waals surface area contributed by atoms with Crippen LogP contribution in [0.25, 0.3) is 0 Å². The number of hydrogen-bond acceptors (Lipinski definition) is 5. The summed E-state index contributed by atoms with van der Waals surface area (Å²) in [5.74, 6) is -0.307. The summed E-state index contributed by atoms with van der Waals surface area (Å²) in [6, 6.07) is 2.75. The molecule has 2 rings (SSSR count). The SMILES string of the molecule is Cc1ccc(N)c(S(=O)(=O)N2CCS(=O)(=O)CC2C)c1C. The quantitative estimate of drug-likeness (QED) is 0.804. The van der Waals surface area contributed by atoms with Gasteiger partial charge >= 0.3 is 0 Å². The van der Waals surface area contributed by atoms with Gasteiger partial charge in [-0.05, 0) is 38.0 Å². The van der Waals surface area contributed by atoms with E-state index in [0.717, 1.165) is 5.56 Å². The number of hydrogen-bond donors (Lipinski definition) is 1. The van der Waals surface area contributed by atoms with Crippen LogP contribution in [-0.2, 0) is 19.9 Å². The molecule has 1 saturated heterocycles. The summed E-state index contributed by atoms with van der Waals surface area (Å²) in [6.07, 6.45) is 0. The van der Waals surface area contributed by atoms with E-state index in [9.17, 15) is 16.8 Å². The van der Waals surface area contributed by atoms with Gasteiger partial charge in [-0.3, -0.25) is 0 Å². The first-order valence-electron chi connectivity index (χ1n) is 6.64. The highest BCUT2D eigenvalue weighted by molar-refractivity contribution is 7.92. The van der Waals surface area contributed by atoms with Gasteiger partial charge < -0.3 is 5.73 Å². The number of nitrogens with two attached hydrogens (primary N) is 1. The van der Waals surface area contributed by atoms with E-state index in [0.29, 0.717) is 5.56 Å². The molecule has 2 N–H and O–H groups in total. The average molecular weight is 332 g/mol. The third-order valence-corrected chi connectivity index (χ3v) is 7.90. The van der Waals surface area contributed by atoms with Gasteiger partial charge in [0.05, 0.1) is 17.2 Å². The summed E-state index contributed by atoms with van der Waals surface area (Å²) in [7, 11) is -6.97. The molecule has 0 aromatic heterocycles. The largest absolute Gasteiger partial charge is 0.398 e. The number of nitrogen functional groups attached to an aromatic ring is 1. The molecule has 0 aliphatic carbocycles. The van der Waals surface area contributed by atoms with Gasteiger partial charge in [0.1, 0.15) is 4.90 Å². The molecule has 1 atom stereocenters. The number of aryl methyl sites for hydroxylation is 1. The van der Waals surface area contributed by atoms with Gasteiger partial charge in [0, 0.05) is 12.6 Å². The van der Waals surface area contributed by atoms with E-state index in [2.05, 4.69) is 0 Å². The molecule has 21 heavy (non-hydrogen) atoms. The Balaban J connectivity index is 2.52. The Kier molecular flexibility index (Phi) is 4.07. The predicted molar refractivity (Wildman–Crippen MR) is 82.3 cm³/mol. The topological polar surface area (TPSA) is 97.5 Å². The molecular weight excluding hydrogens is 312 g/mol. The summed E-state index contributed by atoms with van der Waals surface area (Å²) in [5.41, 5.74) is 7.49. The maximum atomic E-state index is 12.9. The molecular formula is C13H20N2O4S2. The molecule has 1 aliphatic heterocycles. The summed E-state index contributed by atoms with van der Waals surface area (Å²) in [4.78, 5) is 0.0913. The lowest BCUT2D eigenvalue weighted by Crippen LogP contribution is -2.49. The zero-order valence-electron chi connectivity index (χ0n) is 12.3. The Labute approximate surface area is 125 Å². The van der Waals surface area contributed by atoms with Crippen LogP contribution in [0.4, 0.5) is 5.69 Å². The second-order valence-corrected chi connectivity index (χ2v) is 9.56. The highest BCUT2D eigenvalue weighted by Gasteiger charge is 2.38. The molecule has 1 aromatic rings. The Hall–Kier alpha value is -1.12. The van der Waals surface area contributed by atoms with Crippen molar-refractivity contribution in [2.24, 2.45) is 0 Å². The first-order chi connectivity index (χ1) is 9.56. The van der Waals surface area contributed by atoms with Gasteiger partial charge in [-0.15, -0.1) is 0 Å². The van der Waals surface area contributed by atoms with Crippen molar-refractivity contribution in [3.8, 4) is 0 Å². The van der Waals surface area contributed by atoms with E-state index < -0.39 is 25.9 Å². The summed E-state index contributed by atoms with van der Waals surface area (Å²) in [6.45, 7) is 5.11. The summed E-state index contributed by atoms with van der Waals surface area (Å²) >= 11 is 0. The van der Waals surface area contributed by atoms with E-state index in [-0.39, 0.29) is 28.6 Å². The van der Waals surface area contributed by atoms with Gasteiger partial charge in [0.2, 0.25) is 10.0 Å². The molecule has 0 bridgehead atoms. The van der Waals surface area contributed by atoms with Crippen molar-refractivity contribution in [1.29, 1.82) is 0 Å². The third kappa shape index (κ3) is 2.93. The zero-order valence-corrected chi connectivity index (χ0v) is 14.0. The van der Waals surface area contributed by atoms with Crippen molar-refractivity contribution in [1.82, 2.24) is 4.31 Å². The van der Waals surface area contributed by atoms with Crippen LogP contribution in [0, 0.1) is 13.8 Å². The first-order valence-corrected chi connectivity index (χ1v) is 9.90. The molecule has 6 nitrogen and oxygen atoms in total. The predicted octanol–water partition coefficient (Wildman–Crippen LogP) is 0.693. The molecule has 118 valence electrons. The molecule has 8 heteroatoms. The van der Waals surface area contributed by atoms with Crippen molar-refractivity contribution in [2.45, 2.75) is 31.7 Å². The van der Waals surface area contributed by atoms with Crippen molar-refractivity contribution < 1.29 is 16.8 Å². The molecule has 0 saturated carbocycles. The van der Waals surface area contributed by atoms with Crippen LogP contribution in [0.2, 0.25) is 0 Å². The highest BCUT2D eigenvalue weighted by Crippen LogP contribution is 2.30. The number of sulfone groups is 1. The number of anilines is 1. The minimum atomic E-state index is -3.80. The van der Waals surface area contributed by atoms with E-state index in [1.165, 1.54) is 4.31 Å². The lowest BCUT2D eigenvalue weighted by atomic mass is 10.1. The number of benzene rings is 1. The monoisotopic (exact) mass is 332 g/mol. The molecule has 0 amide bonds. The van der Waals surface area contributed by atoms with Crippen LogP contribution < -0.4 is 5.73 Å². The summed E-state index contributed by atoms with van der Waals surface area (Å²) < 4.78 is 50.2. The zero-order chi connectivity index (χ0) is 16.0. The molecule has 1 fully saturated rings. The first kappa shape index (κ1) is 16.3. The lowest BCUT2D eigenvalue weighted by Gasteiger charge is -2.33. The lowest BCUT2D eigenvalue weighted by molar-refractivity contribution is 0.357. The number of nitrogens with zero attached hydrogens (tertiary/aromatic N) is 1. The van der Waals surface area contributed by atoms with Crippen LogP contribution in [-0.4, -0.2) is 45.2 Å². The molecule has 0 radical (unpaired) electrons. The van der Waals surface area contributed by atoms with Gasteiger partial charge in [-0.1, -0.05) is 6.07 Å². The fourth-order valence-electron chi connectivity index (χ4n) is 2.61. The molecule has 1 aromatic carbocycles. The minimum absolute atomic E-state index is 0.0291. The fourth-order valence-corrected chi connectivity index (χ4v) is 6.41. The van der Waals surface area contributed by atoms with Crippen molar-refractivity contribution in [3.63, 3.8) is 0 Å². The minimum Gasteiger partial charge on any atom is -0.398 e. The van der Waals surface area contributed by atoms with E-state index in [1.807, 2.05) is 6.92 Å². The number of sulfonamides is 1.